The van der Waals surface area contributed by atoms with Gasteiger partial charge in [0.15, 0.2) is 5.82 Å². The van der Waals surface area contributed by atoms with E-state index in [1.54, 1.807) is 0 Å². The highest BCUT2D eigenvalue weighted by molar-refractivity contribution is 9.10. The SMILES string of the molecule is CCc1nc(-c2ccc(Cl)c(Br)c2)nc(NC)c1C. The zero-order valence-corrected chi connectivity index (χ0v) is 13.4. The zero-order valence-electron chi connectivity index (χ0n) is 11.1. The van der Waals surface area contributed by atoms with E-state index in [0.29, 0.717) is 10.8 Å². The lowest BCUT2D eigenvalue weighted by atomic mass is 10.1. The van der Waals surface area contributed by atoms with Gasteiger partial charge in [0.25, 0.3) is 0 Å². The average Bonchev–Trinajstić information content (AvgIpc) is 2.42. The molecule has 19 heavy (non-hydrogen) atoms. The number of halogens is 2. The predicted octanol–water partition coefficient (Wildman–Crippen LogP) is 4.47. The van der Waals surface area contributed by atoms with Gasteiger partial charge in [-0.25, -0.2) is 9.97 Å². The fraction of sp³-hybridized carbons (Fsp3) is 0.286. The summed E-state index contributed by atoms with van der Waals surface area (Å²) in [5.74, 6) is 1.58. The summed E-state index contributed by atoms with van der Waals surface area (Å²) in [5, 5.41) is 3.80. The van der Waals surface area contributed by atoms with Crippen molar-refractivity contribution < 1.29 is 0 Å². The Kier molecular flexibility index (Phi) is 4.42. The number of aromatic nitrogens is 2. The first-order chi connectivity index (χ1) is 9.06. The quantitative estimate of drug-likeness (QED) is 0.895. The van der Waals surface area contributed by atoms with E-state index in [4.69, 9.17) is 11.6 Å². The molecule has 0 fully saturated rings. The van der Waals surface area contributed by atoms with Gasteiger partial charge in [0, 0.05) is 28.3 Å². The second-order valence-electron chi connectivity index (χ2n) is 4.20. The number of nitrogens with one attached hydrogen (secondary N) is 1. The van der Waals surface area contributed by atoms with Crippen LogP contribution in [0.4, 0.5) is 5.82 Å². The molecule has 100 valence electrons. The maximum absolute atomic E-state index is 6.01. The molecule has 2 rings (SSSR count). The molecule has 0 radical (unpaired) electrons. The summed E-state index contributed by atoms with van der Waals surface area (Å²) in [6.07, 6.45) is 0.880. The minimum absolute atomic E-state index is 0.681. The molecule has 0 aliphatic carbocycles. The van der Waals surface area contributed by atoms with Crippen LogP contribution in [0.3, 0.4) is 0 Å². The number of aryl methyl sites for hydroxylation is 1. The van der Waals surface area contributed by atoms with Crippen LogP contribution in [0, 0.1) is 6.92 Å². The Labute approximate surface area is 126 Å². The third kappa shape index (κ3) is 2.90. The Morgan fingerprint density at radius 1 is 1.32 bits per heavy atom. The van der Waals surface area contributed by atoms with Gasteiger partial charge in [0.2, 0.25) is 0 Å². The van der Waals surface area contributed by atoms with Crippen LogP contribution in [0.2, 0.25) is 5.02 Å². The van der Waals surface area contributed by atoms with Crippen molar-refractivity contribution in [3.8, 4) is 11.4 Å². The first kappa shape index (κ1) is 14.3. The Balaban J connectivity index is 2.58. The summed E-state index contributed by atoms with van der Waals surface area (Å²) in [6, 6.07) is 5.71. The molecule has 0 aliphatic rings. The van der Waals surface area contributed by atoms with E-state index in [1.807, 2.05) is 32.2 Å². The first-order valence-corrected chi connectivity index (χ1v) is 7.24. The molecule has 0 atom stereocenters. The van der Waals surface area contributed by atoms with Crippen molar-refractivity contribution in [1.82, 2.24) is 9.97 Å². The minimum Gasteiger partial charge on any atom is -0.373 e. The van der Waals surface area contributed by atoms with Crippen molar-refractivity contribution in [3.05, 3.63) is 39.0 Å². The van der Waals surface area contributed by atoms with Crippen molar-refractivity contribution in [2.45, 2.75) is 20.3 Å². The molecular formula is C14H15BrClN3. The lowest BCUT2D eigenvalue weighted by molar-refractivity contribution is 0.977. The van der Waals surface area contributed by atoms with Crippen LogP contribution in [-0.4, -0.2) is 17.0 Å². The van der Waals surface area contributed by atoms with Gasteiger partial charge >= 0.3 is 0 Å². The van der Waals surface area contributed by atoms with E-state index in [0.717, 1.165) is 33.5 Å². The molecule has 2 aromatic rings. The number of benzene rings is 1. The predicted molar refractivity (Wildman–Crippen MR) is 83.8 cm³/mol. The number of anilines is 1. The van der Waals surface area contributed by atoms with Gasteiger partial charge in [-0.05, 0) is 47.5 Å². The Morgan fingerprint density at radius 3 is 2.63 bits per heavy atom. The van der Waals surface area contributed by atoms with Crippen LogP contribution >= 0.6 is 27.5 Å². The topological polar surface area (TPSA) is 37.8 Å². The van der Waals surface area contributed by atoms with Crippen molar-refractivity contribution in [1.29, 1.82) is 0 Å². The maximum atomic E-state index is 6.01. The molecule has 1 N–H and O–H groups in total. The molecule has 5 heteroatoms. The molecule has 1 heterocycles. The van der Waals surface area contributed by atoms with Gasteiger partial charge in [-0.2, -0.15) is 0 Å². The van der Waals surface area contributed by atoms with Crippen molar-refractivity contribution in [2.24, 2.45) is 0 Å². The second kappa shape index (κ2) is 5.88. The Bertz CT molecular complexity index is 589. The summed E-state index contributed by atoms with van der Waals surface area (Å²) in [4.78, 5) is 9.18. The third-order valence-electron chi connectivity index (χ3n) is 3.00. The van der Waals surface area contributed by atoms with E-state index < -0.39 is 0 Å². The van der Waals surface area contributed by atoms with Crippen LogP contribution in [0.15, 0.2) is 22.7 Å². The van der Waals surface area contributed by atoms with Crippen molar-refractivity contribution in [2.75, 3.05) is 12.4 Å². The third-order valence-corrected chi connectivity index (χ3v) is 4.21. The molecule has 0 saturated carbocycles. The second-order valence-corrected chi connectivity index (χ2v) is 5.46. The molecule has 0 unspecified atom stereocenters. The molecule has 0 saturated heterocycles. The van der Waals surface area contributed by atoms with Gasteiger partial charge in [-0.3, -0.25) is 0 Å². The molecule has 1 aromatic heterocycles. The molecule has 0 aliphatic heterocycles. The highest BCUT2D eigenvalue weighted by Gasteiger charge is 2.11. The van der Waals surface area contributed by atoms with Crippen LogP contribution in [-0.2, 0) is 6.42 Å². The molecule has 0 spiro atoms. The van der Waals surface area contributed by atoms with Crippen molar-refractivity contribution in [3.63, 3.8) is 0 Å². The summed E-state index contributed by atoms with van der Waals surface area (Å²) < 4.78 is 0.847. The smallest absolute Gasteiger partial charge is 0.161 e. The maximum Gasteiger partial charge on any atom is 0.161 e. The number of nitrogens with zero attached hydrogens (tertiary/aromatic N) is 2. The van der Waals surface area contributed by atoms with Crippen LogP contribution in [0.5, 0.6) is 0 Å². The van der Waals surface area contributed by atoms with E-state index >= 15 is 0 Å². The average molecular weight is 341 g/mol. The number of rotatable bonds is 3. The largest absolute Gasteiger partial charge is 0.373 e. The Hall–Kier alpha value is -1.13. The van der Waals surface area contributed by atoms with Crippen LogP contribution in [0.25, 0.3) is 11.4 Å². The standard InChI is InChI=1S/C14H15BrClN3/c1-4-12-8(2)13(17-3)19-14(18-12)9-5-6-11(16)10(15)7-9/h5-7H,4H2,1-3H3,(H,17,18,19). The van der Waals surface area contributed by atoms with E-state index in [9.17, 15) is 0 Å². The van der Waals surface area contributed by atoms with Gasteiger partial charge in [-0.1, -0.05) is 18.5 Å². The number of hydrogen-bond acceptors (Lipinski definition) is 3. The van der Waals surface area contributed by atoms with E-state index in [1.165, 1.54) is 0 Å². The van der Waals surface area contributed by atoms with Gasteiger partial charge in [-0.15, -0.1) is 0 Å². The van der Waals surface area contributed by atoms with Gasteiger partial charge in [0.1, 0.15) is 5.82 Å². The molecule has 3 nitrogen and oxygen atoms in total. The lowest BCUT2D eigenvalue weighted by Gasteiger charge is -2.11. The summed E-state index contributed by atoms with van der Waals surface area (Å²) in [6.45, 7) is 4.13. The van der Waals surface area contributed by atoms with Crippen LogP contribution in [0.1, 0.15) is 18.2 Å². The fourth-order valence-electron chi connectivity index (χ4n) is 1.92. The van der Waals surface area contributed by atoms with Gasteiger partial charge < -0.3 is 5.32 Å². The van der Waals surface area contributed by atoms with Gasteiger partial charge in [0.05, 0.1) is 5.02 Å². The van der Waals surface area contributed by atoms with Crippen LogP contribution < -0.4 is 5.32 Å². The fourth-order valence-corrected chi connectivity index (χ4v) is 2.41. The Morgan fingerprint density at radius 2 is 2.05 bits per heavy atom. The molecular weight excluding hydrogens is 326 g/mol. The highest BCUT2D eigenvalue weighted by atomic mass is 79.9. The summed E-state index contributed by atoms with van der Waals surface area (Å²) in [7, 11) is 1.87. The van der Waals surface area contributed by atoms with Crippen molar-refractivity contribution >= 4 is 33.3 Å². The molecule has 0 bridgehead atoms. The zero-order chi connectivity index (χ0) is 14.0. The number of hydrogen-bond donors (Lipinski definition) is 1. The lowest BCUT2D eigenvalue weighted by Crippen LogP contribution is -2.04. The monoisotopic (exact) mass is 339 g/mol. The van der Waals surface area contributed by atoms with E-state index in [2.05, 4.69) is 38.1 Å². The molecule has 0 amide bonds. The summed E-state index contributed by atoms with van der Waals surface area (Å²) in [5.41, 5.74) is 3.10. The normalized spacial score (nSPS) is 10.6. The minimum atomic E-state index is 0.681. The molecule has 1 aromatic carbocycles. The first-order valence-electron chi connectivity index (χ1n) is 6.07. The highest BCUT2D eigenvalue weighted by Crippen LogP contribution is 2.28. The van der Waals surface area contributed by atoms with E-state index in [-0.39, 0.29) is 0 Å². The summed E-state index contributed by atoms with van der Waals surface area (Å²) >= 11 is 9.44.